The number of carbonyl (C=O) groups is 1. The molecule has 8 heteroatoms. The fourth-order valence-electron chi connectivity index (χ4n) is 4.25. The molecule has 1 atom stereocenters. The number of piperazine rings is 1. The molecule has 1 unspecified atom stereocenters. The van der Waals surface area contributed by atoms with Crippen molar-refractivity contribution in [3.05, 3.63) is 23.8 Å². The first-order valence-corrected chi connectivity index (χ1v) is 15.7. The molecular weight excluding hydrogens is 443 g/mol. The second-order valence-corrected chi connectivity index (χ2v) is 17.5. The van der Waals surface area contributed by atoms with Crippen LogP contribution in [0.5, 0.6) is 0 Å². The standard InChI is InChI=1S/C26H41BN2O4Si/c1-24(2,3)22-18-28(12-13-29(22)23(30)31)21-16-19(11-14-34(8,9)10)15-20(17-21)27-32-25(4,5)26(6,7)33-27/h15-17,22H,12-13,18H2,1-10H3,(H,30,31). The Bertz CT molecular complexity index is 985. The van der Waals surface area contributed by atoms with Crippen LogP contribution in [0.15, 0.2) is 18.2 Å². The molecule has 2 heterocycles. The lowest BCUT2D eigenvalue weighted by Gasteiger charge is -2.46. The van der Waals surface area contributed by atoms with Crippen molar-refractivity contribution in [3.63, 3.8) is 0 Å². The Kier molecular flexibility index (Phi) is 7.00. The van der Waals surface area contributed by atoms with Crippen LogP contribution in [-0.2, 0) is 9.31 Å². The lowest BCUT2D eigenvalue weighted by atomic mass is 9.78. The van der Waals surface area contributed by atoms with Crippen LogP contribution >= 0.6 is 0 Å². The number of carboxylic acid groups (broad SMARTS) is 1. The van der Waals surface area contributed by atoms with Gasteiger partial charge in [-0.2, -0.15) is 0 Å². The molecule has 2 aliphatic rings. The Morgan fingerprint density at radius 1 is 1.09 bits per heavy atom. The summed E-state index contributed by atoms with van der Waals surface area (Å²) in [5.74, 6) is 3.41. The fraction of sp³-hybridized carbons (Fsp3) is 0.654. The van der Waals surface area contributed by atoms with Crippen LogP contribution in [0.2, 0.25) is 19.6 Å². The van der Waals surface area contributed by atoms with Crippen molar-refractivity contribution in [3.8, 4) is 11.5 Å². The van der Waals surface area contributed by atoms with Crippen LogP contribution in [0.4, 0.5) is 10.5 Å². The average molecular weight is 485 g/mol. The average Bonchev–Trinajstić information content (AvgIpc) is 2.91. The Balaban J connectivity index is 2.02. The normalized spacial score (nSPS) is 22.4. The van der Waals surface area contributed by atoms with Crippen molar-refractivity contribution in [1.29, 1.82) is 0 Å². The highest BCUT2D eigenvalue weighted by molar-refractivity contribution is 6.83. The van der Waals surface area contributed by atoms with E-state index in [2.05, 4.69) is 103 Å². The first kappa shape index (κ1) is 26.7. The molecular formula is C26H41BN2O4Si. The van der Waals surface area contributed by atoms with Crippen LogP contribution in [0.3, 0.4) is 0 Å². The third-order valence-electron chi connectivity index (χ3n) is 7.04. The molecule has 0 radical (unpaired) electrons. The smallest absolute Gasteiger partial charge is 0.465 e. The monoisotopic (exact) mass is 484 g/mol. The summed E-state index contributed by atoms with van der Waals surface area (Å²) < 4.78 is 12.7. The van der Waals surface area contributed by atoms with Crippen LogP contribution in [-0.4, -0.2) is 68.2 Å². The van der Waals surface area contributed by atoms with E-state index >= 15 is 0 Å². The number of nitrogens with zero attached hydrogens (tertiary/aromatic N) is 2. The van der Waals surface area contributed by atoms with Gasteiger partial charge in [0.1, 0.15) is 8.07 Å². The topological polar surface area (TPSA) is 62.2 Å². The molecule has 2 saturated heterocycles. The summed E-state index contributed by atoms with van der Waals surface area (Å²) in [4.78, 5) is 15.8. The van der Waals surface area contributed by atoms with Crippen LogP contribution in [0.25, 0.3) is 0 Å². The van der Waals surface area contributed by atoms with E-state index in [9.17, 15) is 9.90 Å². The molecule has 186 valence electrons. The predicted octanol–water partition coefficient (Wildman–Crippen LogP) is 4.43. The van der Waals surface area contributed by atoms with Gasteiger partial charge in [0.25, 0.3) is 0 Å². The largest absolute Gasteiger partial charge is 0.494 e. The highest BCUT2D eigenvalue weighted by Crippen LogP contribution is 2.37. The quantitative estimate of drug-likeness (QED) is 0.497. The van der Waals surface area contributed by atoms with Crippen LogP contribution < -0.4 is 10.4 Å². The Hall–Kier alpha value is -1.95. The van der Waals surface area contributed by atoms with Crippen molar-refractivity contribution in [2.24, 2.45) is 5.41 Å². The highest BCUT2D eigenvalue weighted by atomic mass is 28.3. The minimum Gasteiger partial charge on any atom is -0.465 e. The molecule has 0 bridgehead atoms. The molecule has 2 aliphatic heterocycles. The first-order valence-electron chi connectivity index (χ1n) is 12.2. The molecule has 0 aromatic heterocycles. The maximum atomic E-state index is 11.9. The highest BCUT2D eigenvalue weighted by Gasteiger charge is 2.52. The number of amides is 1. The summed E-state index contributed by atoms with van der Waals surface area (Å²) in [5.41, 5.74) is 5.36. The molecule has 3 rings (SSSR count). The molecule has 6 nitrogen and oxygen atoms in total. The summed E-state index contributed by atoms with van der Waals surface area (Å²) in [6.45, 7) is 23.0. The molecule has 34 heavy (non-hydrogen) atoms. The van der Waals surface area contributed by atoms with Gasteiger partial charge in [-0.25, -0.2) is 4.79 Å². The van der Waals surface area contributed by atoms with Gasteiger partial charge in [0.05, 0.1) is 17.2 Å². The SMILES string of the molecule is CC(C)(C)C1CN(c2cc(C#C[Si](C)(C)C)cc(B3OC(C)(C)C(C)(C)O3)c2)CCN1C(=O)O. The van der Waals surface area contributed by atoms with E-state index in [1.54, 1.807) is 4.90 Å². The number of anilines is 1. The van der Waals surface area contributed by atoms with Crippen molar-refractivity contribution in [2.45, 2.75) is 85.4 Å². The van der Waals surface area contributed by atoms with Crippen molar-refractivity contribution in [1.82, 2.24) is 4.90 Å². The van der Waals surface area contributed by atoms with Crippen molar-refractivity contribution < 1.29 is 19.2 Å². The summed E-state index contributed by atoms with van der Waals surface area (Å²) >= 11 is 0. The van der Waals surface area contributed by atoms with Gasteiger partial charge in [0.15, 0.2) is 0 Å². The lowest BCUT2D eigenvalue weighted by Crippen LogP contribution is -2.59. The summed E-state index contributed by atoms with van der Waals surface area (Å²) in [5, 5.41) is 9.76. The van der Waals surface area contributed by atoms with E-state index in [0.29, 0.717) is 19.6 Å². The van der Waals surface area contributed by atoms with Crippen LogP contribution in [0, 0.1) is 16.9 Å². The molecule has 0 saturated carbocycles. The van der Waals surface area contributed by atoms with Crippen LogP contribution in [0.1, 0.15) is 54.0 Å². The van der Waals surface area contributed by atoms with E-state index in [1.165, 1.54) is 0 Å². The fourth-order valence-corrected chi connectivity index (χ4v) is 4.77. The number of benzene rings is 1. The maximum absolute atomic E-state index is 11.9. The Morgan fingerprint density at radius 3 is 2.18 bits per heavy atom. The number of hydrogen-bond acceptors (Lipinski definition) is 4. The predicted molar refractivity (Wildman–Crippen MR) is 143 cm³/mol. The first-order chi connectivity index (χ1) is 15.4. The molecule has 1 aromatic rings. The second kappa shape index (κ2) is 8.93. The van der Waals surface area contributed by atoms with Gasteiger partial charge in [0.2, 0.25) is 0 Å². The summed E-state index contributed by atoms with van der Waals surface area (Å²) in [7, 11) is -2.03. The van der Waals surface area contributed by atoms with Gasteiger partial charge in [-0.1, -0.05) is 46.3 Å². The molecule has 0 aliphatic carbocycles. The maximum Gasteiger partial charge on any atom is 0.494 e. The van der Waals surface area contributed by atoms with Gasteiger partial charge in [-0.3, -0.25) is 0 Å². The molecule has 1 amide bonds. The van der Waals surface area contributed by atoms with Gasteiger partial charge in [-0.05, 0) is 56.8 Å². The van der Waals surface area contributed by atoms with Gasteiger partial charge in [0, 0.05) is 30.9 Å². The zero-order valence-electron chi connectivity index (χ0n) is 22.6. The number of hydrogen-bond donors (Lipinski definition) is 1. The third-order valence-corrected chi connectivity index (χ3v) is 7.91. The second-order valence-electron chi connectivity index (χ2n) is 12.7. The molecule has 1 N–H and O–H groups in total. The zero-order chi connectivity index (χ0) is 25.7. The summed E-state index contributed by atoms with van der Waals surface area (Å²) in [6.07, 6.45) is -0.854. The van der Waals surface area contributed by atoms with E-state index < -0.39 is 32.5 Å². The van der Waals surface area contributed by atoms with Crippen molar-refractivity contribution in [2.75, 3.05) is 24.5 Å². The number of rotatable bonds is 2. The van der Waals surface area contributed by atoms with Crippen molar-refractivity contribution >= 4 is 32.4 Å². The summed E-state index contributed by atoms with van der Waals surface area (Å²) in [6, 6.07) is 6.21. The van der Waals surface area contributed by atoms with E-state index in [4.69, 9.17) is 9.31 Å². The van der Waals surface area contributed by atoms with Gasteiger partial charge >= 0.3 is 13.2 Å². The third kappa shape index (κ3) is 5.81. The minimum absolute atomic E-state index is 0.115. The van der Waals surface area contributed by atoms with E-state index in [0.717, 1.165) is 16.7 Å². The zero-order valence-corrected chi connectivity index (χ0v) is 23.6. The van der Waals surface area contributed by atoms with Gasteiger partial charge in [-0.15, -0.1) is 5.54 Å². The molecule has 2 fully saturated rings. The van der Waals surface area contributed by atoms with E-state index in [-0.39, 0.29) is 11.5 Å². The Labute approximate surface area is 207 Å². The Morgan fingerprint density at radius 2 is 1.68 bits per heavy atom. The van der Waals surface area contributed by atoms with E-state index in [1.807, 2.05) is 0 Å². The molecule has 0 spiro atoms. The minimum atomic E-state index is -1.56. The van der Waals surface area contributed by atoms with Gasteiger partial charge < -0.3 is 24.2 Å². The molecule has 1 aromatic carbocycles. The lowest BCUT2D eigenvalue weighted by molar-refractivity contribution is 0.00578.